The lowest BCUT2D eigenvalue weighted by molar-refractivity contribution is 0.280. The summed E-state index contributed by atoms with van der Waals surface area (Å²) in [5.74, 6) is 1.45. The summed E-state index contributed by atoms with van der Waals surface area (Å²) in [5, 5.41) is 0.370. The molecule has 1 unspecified atom stereocenters. The number of halogens is 1. The first-order chi connectivity index (χ1) is 10.8. The summed E-state index contributed by atoms with van der Waals surface area (Å²) >= 11 is 1.84. The zero-order chi connectivity index (χ0) is 15.4. The second-order valence-corrected chi connectivity index (χ2v) is 6.35. The largest absolute Gasteiger partial charge is 0.497 e. The van der Waals surface area contributed by atoms with Crippen LogP contribution in [-0.2, 0) is 6.42 Å². The molecule has 2 heterocycles. The van der Waals surface area contributed by atoms with Crippen LogP contribution in [0.4, 0.5) is 4.39 Å². The summed E-state index contributed by atoms with van der Waals surface area (Å²) < 4.78 is 22.7. The number of fused-ring (bicyclic) bond motifs is 1. The van der Waals surface area contributed by atoms with Crippen molar-refractivity contribution in [2.45, 2.75) is 23.0 Å². The average molecular weight is 319 g/mol. The molecular formula is C17H18FNO2S. The minimum Gasteiger partial charge on any atom is -0.497 e. The van der Waals surface area contributed by atoms with Crippen molar-refractivity contribution in [2.24, 2.45) is 0 Å². The van der Waals surface area contributed by atoms with E-state index in [4.69, 9.17) is 9.47 Å². The Hall–Kier alpha value is -1.75. The third-order valence-electron chi connectivity index (χ3n) is 3.61. The van der Waals surface area contributed by atoms with E-state index in [-0.39, 0.29) is 6.67 Å². The van der Waals surface area contributed by atoms with Gasteiger partial charge in [-0.05, 0) is 29.7 Å². The van der Waals surface area contributed by atoms with E-state index in [1.807, 2.05) is 36.2 Å². The van der Waals surface area contributed by atoms with Crippen LogP contribution < -0.4 is 9.47 Å². The number of hydrogen-bond acceptors (Lipinski definition) is 4. The molecule has 0 radical (unpaired) electrons. The molecule has 22 heavy (non-hydrogen) atoms. The lowest BCUT2D eigenvalue weighted by Crippen LogP contribution is -2.00. The van der Waals surface area contributed by atoms with Gasteiger partial charge in [-0.15, -0.1) is 11.8 Å². The highest BCUT2D eigenvalue weighted by Gasteiger charge is 2.24. The fourth-order valence-corrected chi connectivity index (χ4v) is 3.75. The van der Waals surface area contributed by atoms with Crippen molar-refractivity contribution in [3.8, 4) is 11.6 Å². The molecule has 0 amide bonds. The first-order valence-electron chi connectivity index (χ1n) is 7.28. The molecule has 0 saturated heterocycles. The minimum absolute atomic E-state index is 0.363. The Morgan fingerprint density at radius 2 is 2.23 bits per heavy atom. The van der Waals surface area contributed by atoms with E-state index in [2.05, 4.69) is 17.1 Å². The molecule has 1 aromatic heterocycles. The fourth-order valence-electron chi connectivity index (χ4n) is 2.42. The van der Waals surface area contributed by atoms with Gasteiger partial charge in [0.25, 0.3) is 0 Å². The molecule has 5 heteroatoms. The Bertz CT molecular complexity index is 633. The first kappa shape index (κ1) is 15.2. The molecule has 0 spiro atoms. The maximum Gasteiger partial charge on any atom is 0.213 e. The van der Waals surface area contributed by atoms with Crippen molar-refractivity contribution in [2.75, 3.05) is 20.4 Å². The summed E-state index contributed by atoms with van der Waals surface area (Å²) in [7, 11) is 1.68. The van der Waals surface area contributed by atoms with Crippen LogP contribution in [-0.4, -0.2) is 25.4 Å². The molecule has 1 aliphatic heterocycles. The van der Waals surface area contributed by atoms with Crippen LogP contribution in [0.2, 0.25) is 0 Å². The fraction of sp³-hybridized carbons (Fsp3) is 0.353. The standard InChI is InChI=1S/C17H18FNO2S/c1-20-14-5-3-12-9-15(22-16(12)10-14)13-4-6-17(19-11-13)21-8-2-7-18/h3-6,10-11,15H,2,7-9H2,1H3. The molecule has 3 rings (SSSR count). The Morgan fingerprint density at radius 1 is 1.32 bits per heavy atom. The Labute approximate surface area is 133 Å². The van der Waals surface area contributed by atoms with E-state index >= 15 is 0 Å². The van der Waals surface area contributed by atoms with Crippen LogP contribution in [0.5, 0.6) is 11.6 Å². The van der Waals surface area contributed by atoms with Crippen molar-refractivity contribution < 1.29 is 13.9 Å². The van der Waals surface area contributed by atoms with Gasteiger partial charge < -0.3 is 9.47 Å². The molecule has 0 fully saturated rings. The lowest BCUT2D eigenvalue weighted by atomic mass is 10.1. The number of rotatable bonds is 6. The van der Waals surface area contributed by atoms with Gasteiger partial charge in [-0.3, -0.25) is 4.39 Å². The Balaban J connectivity index is 1.66. The van der Waals surface area contributed by atoms with Gasteiger partial charge in [0.05, 0.1) is 20.4 Å². The molecule has 1 aliphatic rings. The van der Waals surface area contributed by atoms with E-state index in [1.54, 1.807) is 7.11 Å². The van der Waals surface area contributed by atoms with Gasteiger partial charge in [-0.1, -0.05) is 12.1 Å². The van der Waals surface area contributed by atoms with Crippen LogP contribution in [0.15, 0.2) is 41.4 Å². The summed E-state index contributed by atoms with van der Waals surface area (Å²) in [6.45, 7) is 0.00474. The molecular weight excluding hydrogens is 301 g/mol. The number of benzene rings is 1. The highest BCUT2D eigenvalue weighted by atomic mass is 32.2. The Kier molecular flexibility index (Phi) is 4.83. The third-order valence-corrected chi connectivity index (χ3v) is 4.97. The van der Waals surface area contributed by atoms with E-state index in [0.717, 1.165) is 12.2 Å². The number of pyridine rings is 1. The second-order valence-electron chi connectivity index (χ2n) is 5.11. The number of thioether (sulfide) groups is 1. The van der Waals surface area contributed by atoms with E-state index in [1.165, 1.54) is 16.0 Å². The van der Waals surface area contributed by atoms with Gasteiger partial charge >= 0.3 is 0 Å². The number of hydrogen-bond donors (Lipinski definition) is 0. The van der Waals surface area contributed by atoms with Crippen LogP contribution in [0, 0.1) is 0 Å². The number of alkyl halides is 1. The molecule has 0 saturated carbocycles. The highest BCUT2D eigenvalue weighted by Crippen LogP contribution is 2.47. The molecule has 116 valence electrons. The van der Waals surface area contributed by atoms with E-state index in [0.29, 0.717) is 24.2 Å². The predicted molar refractivity (Wildman–Crippen MR) is 85.6 cm³/mol. The molecule has 0 N–H and O–H groups in total. The normalized spacial score (nSPS) is 16.4. The molecule has 0 aliphatic carbocycles. The van der Waals surface area contributed by atoms with Gasteiger partial charge in [0.1, 0.15) is 5.75 Å². The lowest BCUT2D eigenvalue weighted by Gasteiger charge is -2.09. The quantitative estimate of drug-likeness (QED) is 0.746. The molecule has 3 nitrogen and oxygen atoms in total. The SMILES string of the molecule is COc1ccc2c(c1)SC(c1ccc(OCCCF)nc1)C2. The smallest absolute Gasteiger partial charge is 0.213 e. The van der Waals surface area contributed by atoms with E-state index in [9.17, 15) is 4.39 Å². The average Bonchev–Trinajstić information content (AvgIpc) is 2.98. The van der Waals surface area contributed by atoms with Crippen molar-refractivity contribution in [1.82, 2.24) is 4.98 Å². The first-order valence-corrected chi connectivity index (χ1v) is 8.16. The van der Waals surface area contributed by atoms with Gasteiger partial charge in [0.2, 0.25) is 5.88 Å². The Morgan fingerprint density at radius 3 is 2.95 bits per heavy atom. The van der Waals surface area contributed by atoms with Crippen molar-refractivity contribution >= 4 is 11.8 Å². The highest BCUT2D eigenvalue weighted by molar-refractivity contribution is 7.99. The molecule has 1 atom stereocenters. The summed E-state index contributed by atoms with van der Waals surface area (Å²) in [4.78, 5) is 5.58. The van der Waals surface area contributed by atoms with Crippen molar-refractivity contribution in [3.05, 3.63) is 47.7 Å². The van der Waals surface area contributed by atoms with Crippen LogP contribution in [0.1, 0.15) is 22.8 Å². The molecule has 1 aromatic carbocycles. The van der Waals surface area contributed by atoms with Gasteiger partial charge in [-0.2, -0.15) is 0 Å². The number of nitrogens with zero attached hydrogens (tertiary/aromatic N) is 1. The summed E-state index contributed by atoms with van der Waals surface area (Å²) in [6.07, 6.45) is 3.25. The molecule has 2 aromatic rings. The maximum absolute atomic E-state index is 12.0. The zero-order valence-electron chi connectivity index (χ0n) is 12.4. The van der Waals surface area contributed by atoms with Crippen LogP contribution >= 0.6 is 11.8 Å². The van der Waals surface area contributed by atoms with Crippen molar-refractivity contribution in [1.29, 1.82) is 0 Å². The molecule has 0 bridgehead atoms. The minimum atomic E-state index is -0.363. The monoisotopic (exact) mass is 319 g/mol. The van der Waals surface area contributed by atoms with Crippen LogP contribution in [0.25, 0.3) is 0 Å². The van der Waals surface area contributed by atoms with Crippen molar-refractivity contribution in [3.63, 3.8) is 0 Å². The van der Waals surface area contributed by atoms with Gasteiger partial charge in [0, 0.05) is 28.8 Å². The topological polar surface area (TPSA) is 31.4 Å². The maximum atomic E-state index is 12.0. The third kappa shape index (κ3) is 3.35. The number of methoxy groups -OCH3 is 1. The van der Waals surface area contributed by atoms with Gasteiger partial charge in [-0.25, -0.2) is 4.98 Å². The number of ether oxygens (including phenoxy) is 2. The summed E-state index contributed by atoms with van der Waals surface area (Å²) in [6, 6.07) is 10.1. The number of aromatic nitrogens is 1. The predicted octanol–water partition coefficient (Wildman–Crippen LogP) is 4.22. The second kappa shape index (κ2) is 7.01. The van der Waals surface area contributed by atoms with Gasteiger partial charge in [0.15, 0.2) is 0 Å². The zero-order valence-corrected chi connectivity index (χ0v) is 13.2. The summed E-state index contributed by atoms with van der Waals surface area (Å²) in [5.41, 5.74) is 2.53. The van der Waals surface area contributed by atoms with E-state index < -0.39 is 0 Å². The van der Waals surface area contributed by atoms with Crippen LogP contribution in [0.3, 0.4) is 0 Å².